The zero-order valence-electron chi connectivity index (χ0n) is 14.0. The first-order valence-corrected chi connectivity index (χ1v) is 7.30. The number of hydrogen-bond acceptors (Lipinski definition) is 5. The molecule has 7 nitrogen and oxygen atoms in total. The second-order valence-corrected chi connectivity index (χ2v) is 5.54. The zero-order chi connectivity index (χ0) is 19.8. The second kappa shape index (κ2) is 6.70. The zero-order valence-corrected chi connectivity index (χ0v) is 14.0. The van der Waals surface area contributed by atoms with Gasteiger partial charge in [0.1, 0.15) is 17.4 Å². The maximum Gasteiger partial charge on any atom is 0.416 e. The van der Waals surface area contributed by atoms with Crippen LogP contribution in [0.1, 0.15) is 22.8 Å². The van der Waals surface area contributed by atoms with Crippen molar-refractivity contribution in [3.63, 3.8) is 0 Å². The minimum Gasteiger partial charge on any atom is -0.506 e. The number of nitrogens with zero attached hydrogens (tertiary/aromatic N) is 1. The summed E-state index contributed by atoms with van der Waals surface area (Å²) in [4.78, 5) is 36.0. The fourth-order valence-corrected chi connectivity index (χ4v) is 2.41. The van der Waals surface area contributed by atoms with Gasteiger partial charge in [-0.1, -0.05) is 0 Å². The number of aromatic hydroxyl groups is 1. The molecule has 2 rings (SSSR count). The number of alkyl halides is 3. The van der Waals surface area contributed by atoms with E-state index in [4.69, 9.17) is 0 Å². The molecule has 0 radical (unpaired) electrons. The maximum absolute atomic E-state index is 12.9. The highest BCUT2D eigenvalue weighted by Gasteiger charge is 2.32. The highest BCUT2D eigenvalue weighted by molar-refractivity contribution is 6.03. The van der Waals surface area contributed by atoms with Crippen molar-refractivity contribution < 1.29 is 32.6 Å². The van der Waals surface area contributed by atoms with Gasteiger partial charge in [-0.05, 0) is 25.1 Å². The van der Waals surface area contributed by atoms with Gasteiger partial charge in [0.15, 0.2) is 0 Å². The maximum atomic E-state index is 12.9. The summed E-state index contributed by atoms with van der Waals surface area (Å²) in [7, 11) is 2.28. The van der Waals surface area contributed by atoms with Crippen LogP contribution in [0.5, 0.6) is 5.75 Å². The number of hydrogen-bond donors (Lipinski definition) is 2. The van der Waals surface area contributed by atoms with Crippen molar-refractivity contribution >= 4 is 22.8 Å². The van der Waals surface area contributed by atoms with E-state index in [0.29, 0.717) is 6.07 Å². The lowest BCUT2D eigenvalue weighted by Crippen LogP contribution is -2.41. The number of carbonyl (C=O) groups is 2. The molecular formula is C16H15F3N2O5. The van der Waals surface area contributed by atoms with E-state index in [2.05, 4.69) is 10.1 Å². The van der Waals surface area contributed by atoms with Gasteiger partial charge >= 0.3 is 12.1 Å². The first-order valence-electron chi connectivity index (χ1n) is 7.30. The van der Waals surface area contributed by atoms with Crippen LogP contribution in [0.25, 0.3) is 10.9 Å². The van der Waals surface area contributed by atoms with E-state index >= 15 is 0 Å². The number of fused-ring (bicyclic) bond motifs is 1. The number of rotatable bonds is 3. The fraction of sp³-hybridized carbons (Fsp3) is 0.312. The van der Waals surface area contributed by atoms with E-state index in [1.807, 2.05) is 0 Å². The SMILES string of the molecule is COC(=O)C(C)NC(=O)c1c(O)c2ccc(C(F)(F)F)cc2n(C)c1=O. The summed E-state index contributed by atoms with van der Waals surface area (Å²) in [5.41, 5.74) is -2.89. The Morgan fingerprint density at radius 3 is 2.46 bits per heavy atom. The third-order valence-corrected chi connectivity index (χ3v) is 3.83. The molecule has 1 aromatic carbocycles. The molecule has 0 aliphatic carbocycles. The number of nitrogens with one attached hydrogen (secondary N) is 1. The summed E-state index contributed by atoms with van der Waals surface area (Å²) < 4.78 is 43.8. The minimum atomic E-state index is -4.63. The molecule has 0 bridgehead atoms. The molecule has 1 amide bonds. The number of halogens is 3. The quantitative estimate of drug-likeness (QED) is 0.797. The predicted molar refractivity (Wildman–Crippen MR) is 84.8 cm³/mol. The normalized spacial score (nSPS) is 12.7. The molecular weight excluding hydrogens is 357 g/mol. The van der Waals surface area contributed by atoms with Crippen molar-refractivity contribution in [2.24, 2.45) is 7.05 Å². The highest BCUT2D eigenvalue weighted by Crippen LogP contribution is 2.33. The lowest BCUT2D eigenvalue weighted by atomic mass is 10.1. The molecule has 0 aliphatic rings. The van der Waals surface area contributed by atoms with Crippen LogP contribution in [-0.2, 0) is 22.8 Å². The van der Waals surface area contributed by atoms with Crippen LogP contribution in [-0.4, -0.2) is 34.7 Å². The molecule has 0 aliphatic heterocycles. The van der Waals surface area contributed by atoms with E-state index < -0.39 is 46.5 Å². The Labute approximate surface area is 145 Å². The molecule has 140 valence electrons. The largest absolute Gasteiger partial charge is 0.506 e. The molecule has 1 heterocycles. The first-order chi connectivity index (χ1) is 12.0. The Morgan fingerprint density at radius 2 is 1.92 bits per heavy atom. The number of methoxy groups -OCH3 is 1. The monoisotopic (exact) mass is 372 g/mol. The first kappa shape index (κ1) is 19.3. The number of ether oxygens (including phenoxy) is 1. The number of esters is 1. The fourth-order valence-electron chi connectivity index (χ4n) is 2.41. The van der Waals surface area contributed by atoms with Crippen LogP contribution in [0.15, 0.2) is 23.0 Å². The van der Waals surface area contributed by atoms with Gasteiger partial charge < -0.3 is 19.7 Å². The average Bonchev–Trinajstić information content (AvgIpc) is 2.57. The van der Waals surface area contributed by atoms with Crippen molar-refractivity contribution in [2.75, 3.05) is 7.11 Å². The molecule has 0 saturated carbocycles. The van der Waals surface area contributed by atoms with Gasteiger partial charge in [0.2, 0.25) is 0 Å². The summed E-state index contributed by atoms with van der Waals surface area (Å²) in [5.74, 6) is -2.60. The van der Waals surface area contributed by atoms with Crippen LogP contribution in [0.3, 0.4) is 0 Å². The van der Waals surface area contributed by atoms with Gasteiger partial charge in [-0.2, -0.15) is 13.2 Å². The number of amides is 1. The van der Waals surface area contributed by atoms with Gasteiger partial charge in [-0.3, -0.25) is 9.59 Å². The Kier molecular flexibility index (Phi) is 4.97. The van der Waals surface area contributed by atoms with Crippen LogP contribution in [0, 0.1) is 0 Å². The number of benzene rings is 1. The Morgan fingerprint density at radius 1 is 1.31 bits per heavy atom. The van der Waals surface area contributed by atoms with Crippen LogP contribution < -0.4 is 10.9 Å². The second-order valence-electron chi connectivity index (χ2n) is 5.54. The van der Waals surface area contributed by atoms with Crippen molar-refractivity contribution in [3.05, 3.63) is 39.7 Å². The summed E-state index contributed by atoms with van der Waals surface area (Å²) in [5, 5.41) is 12.3. The van der Waals surface area contributed by atoms with E-state index in [1.54, 1.807) is 0 Å². The Hall–Kier alpha value is -3.04. The lowest BCUT2D eigenvalue weighted by molar-refractivity contribution is -0.142. The molecule has 2 N–H and O–H groups in total. The number of carbonyl (C=O) groups excluding carboxylic acids is 2. The van der Waals surface area contributed by atoms with E-state index in [0.717, 1.165) is 23.8 Å². The van der Waals surface area contributed by atoms with Crippen molar-refractivity contribution in [1.82, 2.24) is 9.88 Å². The number of pyridine rings is 1. The molecule has 2 aromatic rings. The van der Waals surface area contributed by atoms with Crippen molar-refractivity contribution in [3.8, 4) is 5.75 Å². The molecule has 1 aromatic heterocycles. The summed E-state index contributed by atoms with van der Waals surface area (Å²) in [6, 6.07) is 1.30. The Balaban J connectivity index is 2.61. The standard InChI is InChI=1S/C16H15F3N2O5/c1-7(15(25)26-3)20-13(23)11-12(22)9-5-4-8(16(17,18)19)6-10(9)21(2)14(11)24/h4-7,22H,1-3H3,(H,20,23). The van der Waals surface area contributed by atoms with Gasteiger partial charge in [-0.15, -0.1) is 0 Å². The van der Waals surface area contributed by atoms with Crippen LogP contribution in [0.4, 0.5) is 13.2 Å². The molecule has 0 saturated heterocycles. The molecule has 0 fully saturated rings. The average molecular weight is 372 g/mol. The Bertz CT molecular complexity index is 950. The van der Waals surface area contributed by atoms with Crippen molar-refractivity contribution in [2.45, 2.75) is 19.1 Å². The van der Waals surface area contributed by atoms with Gasteiger partial charge in [0.25, 0.3) is 11.5 Å². The third-order valence-electron chi connectivity index (χ3n) is 3.83. The summed E-state index contributed by atoms with van der Waals surface area (Å²) >= 11 is 0. The topological polar surface area (TPSA) is 97.6 Å². The van der Waals surface area contributed by atoms with Crippen LogP contribution in [0.2, 0.25) is 0 Å². The van der Waals surface area contributed by atoms with Gasteiger partial charge in [-0.25, -0.2) is 4.79 Å². The molecule has 26 heavy (non-hydrogen) atoms. The summed E-state index contributed by atoms with van der Waals surface area (Å²) in [6.45, 7) is 1.31. The predicted octanol–water partition coefficient (Wildman–Crippen LogP) is 1.55. The highest BCUT2D eigenvalue weighted by atomic mass is 19.4. The van der Waals surface area contributed by atoms with Crippen molar-refractivity contribution in [1.29, 1.82) is 0 Å². The molecule has 1 atom stereocenters. The van der Waals surface area contributed by atoms with E-state index in [1.165, 1.54) is 14.0 Å². The lowest BCUT2D eigenvalue weighted by Gasteiger charge is -2.15. The number of aryl methyl sites for hydroxylation is 1. The summed E-state index contributed by atoms with van der Waals surface area (Å²) in [6.07, 6.45) is -4.63. The van der Waals surface area contributed by atoms with Gasteiger partial charge in [0, 0.05) is 12.4 Å². The molecule has 1 unspecified atom stereocenters. The van der Waals surface area contributed by atoms with Crippen LogP contribution >= 0.6 is 0 Å². The van der Waals surface area contributed by atoms with E-state index in [-0.39, 0.29) is 10.9 Å². The van der Waals surface area contributed by atoms with Gasteiger partial charge in [0.05, 0.1) is 18.2 Å². The molecule has 0 spiro atoms. The minimum absolute atomic E-state index is 0.115. The van der Waals surface area contributed by atoms with E-state index in [9.17, 15) is 32.7 Å². The smallest absolute Gasteiger partial charge is 0.416 e. The molecule has 10 heteroatoms. The number of aromatic nitrogens is 1. The third kappa shape index (κ3) is 3.35.